The maximum absolute atomic E-state index is 12.7. The smallest absolute Gasteiger partial charge is 0.244 e. The summed E-state index contributed by atoms with van der Waals surface area (Å²) in [4.78, 5) is 4.43. The number of pyridine rings is 1. The van der Waals surface area contributed by atoms with Crippen LogP contribution in [0.25, 0.3) is 0 Å². The van der Waals surface area contributed by atoms with Crippen molar-refractivity contribution >= 4 is 15.8 Å². The molecule has 2 heterocycles. The normalized spacial score (nSPS) is 24.6. The van der Waals surface area contributed by atoms with Crippen molar-refractivity contribution in [2.24, 2.45) is 5.92 Å². The largest absolute Gasteiger partial charge is 0.370 e. The molecule has 0 bridgehead atoms. The summed E-state index contributed by atoms with van der Waals surface area (Å²) in [6, 6.07) is 3.39. The van der Waals surface area contributed by atoms with Gasteiger partial charge in [-0.1, -0.05) is 6.92 Å². The zero-order valence-corrected chi connectivity index (χ0v) is 13.2. The van der Waals surface area contributed by atoms with Gasteiger partial charge in [0.2, 0.25) is 10.0 Å². The Hall–Kier alpha value is -1.14. The van der Waals surface area contributed by atoms with Crippen LogP contribution in [0.5, 0.6) is 0 Å². The number of sulfonamides is 1. The predicted octanol–water partition coefficient (Wildman–Crippen LogP) is 2.32. The minimum absolute atomic E-state index is 0.0437. The van der Waals surface area contributed by atoms with Gasteiger partial charge in [-0.3, -0.25) is 0 Å². The third-order valence-electron chi connectivity index (χ3n) is 4.02. The first-order chi connectivity index (χ1) is 9.46. The van der Waals surface area contributed by atoms with Crippen LogP contribution in [0.2, 0.25) is 0 Å². The number of aromatic nitrogens is 1. The fourth-order valence-electron chi connectivity index (χ4n) is 2.59. The van der Waals surface area contributed by atoms with Crippen molar-refractivity contribution in [2.75, 3.05) is 18.4 Å². The Morgan fingerprint density at radius 2 is 2.15 bits per heavy atom. The predicted molar refractivity (Wildman–Crippen MR) is 80.2 cm³/mol. The molecule has 20 heavy (non-hydrogen) atoms. The maximum atomic E-state index is 12.7. The van der Waals surface area contributed by atoms with E-state index < -0.39 is 10.0 Å². The Labute approximate surface area is 121 Å². The standard InChI is InChI=1S/C14H23N3O2S/c1-4-15-14-8-7-13(10-16-14)20(18,19)17-9-5-6-11(2)12(17)3/h7-8,10-12H,4-6,9H2,1-3H3,(H,15,16). The Morgan fingerprint density at radius 1 is 1.40 bits per heavy atom. The van der Waals surface area contributed by atoms with E-state index in [0.717, 1.165) is 19.4 Å². The van der Waals surface area contributed by atoms with Crippen LogP contribution in [0.1, 0.15) is 33.6 Å². The lowest BCUT2D eigenvalue weighted by molar-refractivity contribution is 0.202. The second-order valence-corrected chi connectivity index (χ2v) is 7.28. The van der Waals surface area contributed by atoms with Crippen molar-refractivity contribution in [2.45, 2.75) is 44.6 Å². The first kappa shape index (κ1) is 15.3. The van der Waals surface area contributed by atoms with Gasteiger partial charge in [-0.25, -0.2) is 13.4 Å². The van der Waals surface area contributed by atoms with Gasteiger partial charge < -0.3 is 5.32 Å². The van der Waals surface area contributed by atoms with Gasteiger partial charge in [0.25, 0.3) is 0 Å². The summed E-state index contributed by atoms with van der Waals surface area (Å²) in [5, 5.41) is 3.06. The lowest BCUT2D eigenvalue weighted by atomic mass is 9.94. The molecule has 0 spiro atoms. The molecular formula is C14H23N3O2S. The lowest BCUT2D eigenvalue weighted by Crippen LogP contribution is -2.45. The molecular weight excluding hydrogens is 274 g/mol. The summed E-state index contributed by atoms with van der Waals surface area (Å²) in [5.74, 6) is 1.10. The van der Waals surface area contributed by atoms with Crippen molar-refractivity contribution in [1.29, 1.82) is 0 Å². The molecule has 1 fully saturated rings. The molecule has 2 unspecified atom stereocenters. The van der Waals surface area contributed by atoms with Crippen LogP contribution in [0.15, 0.2) is 23.2 Å². The van der Waals surface area contributed by atoms with Gasteiger partial charge in [-0.05, 0) is 44.7 Å². The topological polar surface area (TPSA) is 62.3 Å². The summed E-state index contributed by atoms with van der Waals surface area (Å²) in [6.07, 6.45) is 3.46. The average Bonchev–Trinajstić information content (AvgIpc) is 2.42. The molecule has 2 rings (SSSR count). The zero-order valence-electron chi connectivity index (χ0n) is 12.3. The Kier molecular flexibility index (Phi) is 4.65. The van der Waals surface area contributed by atoms with Crippen molar-refractivity contribution in [3.05, 3.63) is 18.3 Å². The highest BCUT2D eigenvalue weighted by atomic mass is 32.2. The van der Waals surface area contributed by atoms with Crippen molar-refractivity contribution < 1.29 is 8.42 Å². The summed E-state index contributed by atoms with van der Waals surface area (Å²) in [5.41, 5.74) is 0. The number of nitrogens with zero attached hydrogens (tertiary/aromatic N) is 2. The molecule has 1 N–H and O–H groups in total. The van der Waals surface area contributed by atoms with E-state index in [0.29, 0.717) is 18.3 Å². The quantitative estimate of drug-likeness (QED) is 0.926. The summed E-state index contributed by atoms with van der Waals surface area (Å²) >= 11 is 0. The number of hydrogen-bond donors (Lipinski definition) is 1. The van der Waals surface area contributed by atoms with E-state index in [1.165, 1.54) is 6.20 Å². The van der Waals surface area contributed by atoms with E-state index in [1.807, 2.05) is 13.8 Å². The molecule has 1 aromatic rings. The van der Waals surface area contributed by atoms with Crippen LogP contribution in [-0.2, 0) is 10.0 Å². The van der Waals surface area contributed by atoms with E-state index >= 15 is 0 Å². The van der Waals surface area contributed by atoms with E-state index in [2.05, 4.69) is 17.2 Å². The highest BCUT2D eigenvalue weighted by molar-refractivity contribution is 7.89. The van der Waals surface area contributed by atoms with Crippen molar-refractivity contribution in [3.8, 4) is 0 Å². The number of hydrogen-bond acceptors (Lipinski definition) is 4. The van der Waals surface area contributed by atoms with Crippen LogP contribution in [0.3, 0.4) is 0 Å². The van der Waals surface area contributed by atoms with Crippen LogP contribution < -0.4 is 5.32 Å². The molecule has 1 aliphatic rings. The van der Waals surface area contributed by atoms with Crippen LogP contribution in [0, 0.1) is 5.92 Å². The molecule has 1 aromatic heterocycles. The molecule has 5 nitrogen and oxygen atoms in total. The van der Waals surface area contributed by atoms with E-state index in [1.54, 1.807) is 16.4 Å². The molecule has 1 saturated heterocycles. The van der Waals surface area contributed by atoms with Gasteiger partial charge >= 0.3 is 0 Å². The molecule has 0 radical (unpaired) electrons. The van der Waals surface area contributed by atoms with Crippen LogP contribution in [-0.4, -0.2) is 36.8 Å². The number of piperidine rings is 1. The second kappa shape index (κ2) is 6.10. The third-order valence-corrected chi connectivity index (χ3v) is 5.99. The summed E-state index contributed by atoms with van der Waals surface area (Å²) < 4.78 is 27.0. The highest BCUT2D eigenvalue weighted by Gasteiger charge is 2.34. The molecule has 0 aromatic carbocycles. The number of nitrogens with one attached hydrogen (secondary N) is 1. The van der Waals surface area contributed by atoms with E-state index in [9.17, 15) is 8.42 Å². The van der Waals surface area contributed by atoms with Gasteiger partial charge in [0.15, 0.2) is 0 Å². The van der Waals surface area contributed by atoms with Crippen molar-refractivity contribution in [1.82, 2.24) is 9.29 Å². The molecule has 112 valence electrons. The minimum atomic E-state index is -3.43. The lowest BCUT2D eigenvalue weighted by Gasteiger charge is -2.36. The van der Waals surface area contributed by atoms with Crippen LogP contribution >= 0.6 is 0 Å². The molecule has 0 aliphatic carbocycles. The first-order valence-corrected chi connectivity index (χ1v) is 8.62. The fraction of sp³-hybridized carbons (Fsp3) is 0.643. The SMILES string of the molecule is CCNc1ccc(S(=O)(=O)N2CCCC(C)C2C)cn1. The second-order valence-electron chi connectivity index (χ2n) is 5.39. The van der Waals surface area contributed by atoms with Gasteiger partial charge in [0.05, 0.1) is 0 Å². The Bertz CT molecular complexity index is 542. The molecule has 6 heteroatoms. The Morgan fingerprint density at radius 3 is 2.75 bits per heavy atom. The molecule has 0 amide bonds. The minimum Gasteiger partial charge on any atom is -0.370 e. The molecule has 0 saturated carbocycles. The third kappa shape index (κ3) is 2.96. The highest BCUT2D eigenvalue weighted by Crippen LogP contribution is 2.28. The van der Waals surface area contributed by atoms with Gasteiger partial charge in [-0.2, -0.15) is 4.31 Å². The molecule has 2 atom stereocenters. The Balaban J connectivity index is 2.25. The van der Waals surface area contributed by atoms with Crippen LogP contribution in [0.4, 0.5) is 5.82 Å². The van der Waals surface area contributed by atoms with Gasteiger partial charge in [-0.15, -0.1) is 0 Å². The molecule has 1 aliphatic heterocycles. The maximum Gasteiger partial charge on any atom is 0.244 e. The number of rotatable bonds is 4. The van der Waals surface area contributed by atoms with E-state index in [4.69, 9.17) is 0 Å². The van der Waals surface area contributed by atoms with E-state index in [-0.39, 0.29) is 10.9 Å². The van der Waals surface area contributed by atoms with Gasteiger partial charge in [0, 0.05) is 25.3 Å². The number of anilines is 1. The zero-order chi connectivity index (χ0) is 14.8. The summed E-state index contributed by atoms with van der Waals surface area (Å²) in [6.45, 7) is 7.44. The first-order valence-electron chi connectivity index (χ1n) is 7.18. The van der Waals surface area contributed by atoms with Crippen molar-refractivity contribution in [3.63, 3.8) is 0 Å². The monoisotopic (exact) mass is 297 g/mol. The average molecular weight is 297 g/mol. The van der Waals surface area contributed by atoms with Gasteiger partial charge in [0.1, 0.15) is 10.7 Å². The summed E-state index contributed by atoms with van der Waals surface area (Å²) in [7, 11) is -3.43. The fourth-order valence-corrected chi connectivity index (χ4v) is 4.30.